The van der Waals surface area contributed by atoms with Crippen LogP contribution in [0.1, 0.15) is 42.9 Å². The number of hydrogen-bond acceptors (Lipinski definition) is 6. The molecule has 0 N–H and O–H groups in total. The number of rotatable bonds is 9. The molecule has 1 fully saturated rings. The van der Waals surface area contributed by atoms with E-state index in [2.05, 4.69) is 6.58 Å². The highest BCUT2D eigenvalue weighted by atomic mass is 32.2. The molecular weight excluding hydrogens is 506 g/mol. The summed E-state index contributed by atoms with van der Waals surface area (Å²) in [5.74, 6) is -0.951. The summed E-state index contributed by atoms with van der Waals surface area (Å²) in [5.41, 5.74) is 1.04. The zero-order valence-corrected chi connectivity index (χ0v) is 21.7. The van der Waals surface area contributed by atoms with Gasteiger partial charge in [-0.1, -0.05) is 80.1 Å². The quantitative estimate of drug-likeness (QED) is 0.195. The van der Waals surface area contributed by atoms with Gasteiger partial charge in [-0.3, -0.25) is 20.2 Å². The Morgan fingerprint density at radius 1 is 0.895 bits per heavy atom. The van der Waals surface area contributed by atoms with Gasteiger partial charge >= 0.3 is 0 Å². The van der Waals surface area contributed by atoms with Gasteiger partial charge in [0, 0.05) is 23.1 Å². The molecule has 1 aliphatic heterocycles. The number of hydrogen-bond donors (Lipinski definition) is 0. The topological polar surface area (TPSA) is 124 Å². The van der Waals surface area contributed by atoms with Gasteiger partial charge in [-0.15, -0.1) is 6.58 Å². The first-order valence-corrected chi connectivity index (χ1v) is 13.8. The highest BCUT2D eigenvalue weighted by Gasteiger charge is 2.58. The van der Waals surface area contributed by atoms with Crippen LogP contribution >= 0.6 is 0 Å². The van der Waals surface area contributed by atoms with Gasteiger partial charge < -0.3 is 0 Å². The molecule has 1 aliphatic rings. The molecule has 0 bridgehead atoms. The molecule has 198 valence electrons. The third-order valence-corrected chi connectivity index (χ3v) is 9.24. The van der Waals surface area contributed by atoms with Gasteiger partial charge in [0.1, 0.15) is 6.04 Å². The predicted octanol–water partition coefficient (Wildman–Crippen LogP) is 5.74. The van der Waals surface area contributed by atoms with Gasteiger partial charge in [0.2, 0.25) is 16.1 Å². The molecule has 1 heterocycles. The van der Waals surface area contributed by atoms with E-state index in [4.69, 9.17) is 0 Å². The van der Waals surface area contributed by atoms with Gasteiger partial charge in [-0.2, -0.15) is 4.31 Å². The Morgan fingerprint density at radius 3 is 1.92 bits per heavy atom. The van der Waals surface area contributed by atoms with E-state index in [1.807, 2.05) is 37.3 Å². The van der Waals surface area contributed by atoms with Gasteiger partial charge in [-0.25, -0.2) is 8.42 Å². The second-order valence-electron chi connectivity index (χ2n) is 9.32. The molecule has 0 spiro atoms. The number of non-ortho nitro benzene ring substituents is 1. The van der Waals surface area contributed by atoms with Gasteiger partial charge in [-0.05, 0) is 35.6 Å². The van der Waals surface area contributed by atoms with Gasteiger partial charge in [0.25, 0.3) is 5.69 Å². The van der Waals surface area contributed by atoms with E-state index in [9.17, 15) is 28.6 Å². The van der Waals surface area contributed by atoms with E-state index in [1.165, 1.54) is 16.4 Å². The molecule has 9 nitrogen and oxygen atoms in total. The molecule has 3 aromatic carbocycles. The van der Waals surface area contributed by atoms with E-state index >= 15 is 0 Å². The molecule has 5 atom stereocenters. The molecule has 0 unspecified atom stereocenters. The highest BCUT2D eigenvalue weighted by molar-refractivity contribution is 7.89. The number of benzene rings is 3. The highest BCUT2D eigenvalue weighted by Crippen LogP contribution is 2.51. The number of sulfonamides is 1. The summed E-state index contributed by atoms with van der Waals surface area (Å²) in [6.07, 6.45) is 2.42. The molecule has 1 saturated heterocycles. The Bertz CT molecular complexity index is 1400. The summed E-state index contributed by atoms with van der Waals surface area (Å²) < 4.78 is 29.9. The van der Waals surface area contributed by atoms with Crippen LogP contribution in [0.4, 0.5) is 5.69 Å². The minimum absolute atomic E-state index is 0.159. The summed E-state index contributed by atoms with van der Waals surface area (Å²) in [4.78, 5) is 22.9. The van der Waals surface area contributed by atoms with Crippen molar-refractivity contribution in [3.8, 4) is 0 Å². The fourth-order valence-electron chi connectivity index (χ4n) is 5.76. The van der Waals surface area contributed by atoms with Crippen LogP contribution in [0.3, 0.4) is 0 Å². The molecule has 0 saturated carbocycles. The molecule has 0 aliphatic carbocycles. The lowest BCUT2D eigenvalue weighted by atomic mass is 9.68. The zero-order valence-electron chi connectivity index (χ0n) is 20.9. The Labute approximate surface area is 221 Å². The second kappa shape index (κ2) is 11.2. The van der Waals surface area contributed by atoms with Crippen LogP contribution in [-0.2, 0) is 10.0 Å². The van der Waals surface area contributed by atoms with Crippen molar-refractivity contribution in [1.29, 1.82) is 0 Å². The summed E-state index contributed by atoms with van der Waals surface area (Å²) in [7, 11) is -4.33. The maximum absolute atomic E-state index is 14.3. The summed E-state index contributed by atoms with van der Waals surface area (Å²) in [6, 6.07) is 19.5. The first-order valence-electron chi connectivity index (χ1n) is 12.3. The van der Waals surface area contributed by atoms with Crippen molar-refractivity contribution in [3.05, 3.63) is 129 Å². The lowest BCUT2D eigenvalue weighted by Crippen LogP contribution is -2.59. The Kier molecular flexibility index (Phi) is 8.03. The number of piperidine rings is 1. The average molecular weight is 536 g/mol. The van der Waals surface area contributed by atoms with Crippen molar-refractivity contribution < 1.29 is 18.3 Å². The Balaban J connectivity index is 2.00. The van der Waals surface area contributed by atoms with Crippen molar-refractivity contribution in [2.45, 2.75) is 48.7 Å². The summed E-state index contributed by atoms with van der Waals surface area (Å²) in [6.45, 7) is 5.77. The van der Waals surface area contributed by atoms with Crippen LogP contribution in [0.15, 0.2) is 102 Å². The fraction of sp³-hybridized carbons (Fsp3) is 0.286. The van der Waals surface area contributed by atoms with E-state index in [1.54, 1.807) is 36.4 Å². The van der Waals surface area contributed by atoms with Crippen molar-refractivity contribution in [3.63, 3.8) is 0 Å². The van der Waals surface area contributed by atoms with Crippen LogP contribution < -0.4 is 0 Å². The van der Waals surface area contributed by atoms with Crippen LogP contribution in [0.5, 0.6) is 0 Å². The number of nitrogens with zero attached hydrogens (tertiary/aromatic N) is 3. The Morgan fingerprint density at radius 2 is 1.45 bits per heavy atom. The van der Waals surface area contributed by atoms with E-state index in [0.29, 0.717) is 12.0 Å². The minimum atomic E-state index is -4.33. The summed E-state index contributed by atoms with van der Waals surface area (Å²) >= 11 is 0. The summed E-state index contributed by atoms with van der Waals surface area (Å²) in [5, 5.41) is 24.0. The molecule has 0 radical (unpaired) electrons. The third-order valence-electron chi connectivity index (χ3n) is 7.32. The largest absolute Gasteiger partial charge is 0.269 e. The molecule has 0 aromatic heterocycles. The van der Waals surface area contributed by atoms with Crippen molar-refractivity contribution >= 4 is 15.7 Å². The van der Waals surface area contributed by atoms with Crippen LogP contribution in [0.2, 0.25) is 0 Å². The molecule has 10 heteroatoms. The smallest absolute Gasteiger partial charge is 0.264 e. The van der Waals surface area contributed by atoms with Crippen molar-refractivity contribution in [2.75, 3.05) is 0 Å². The zero-order chi connectivity index (χ0) is 27.4. The van der Waals surface area contributed by atoms with E-state index < -0.39 is 44.9 Å². The first kappa shape index (κ1) is 27.2. The number of nitro benzene ring substituents is 1. The Hall–Kier alpha value is -3.89. The fourth-order valence-corrected chi connectivity index (χ4v) is 7.63. The molecule has 0 amide bonds. The standard InChI is InChI=1S/C28H29N3O6S/c1-3-11-25-24(4-2)26(20-12-7-5-8-13-20)28(31(34)35)27(21-14-9-6-10-15-21)29(25)38(36,37)23-18-16-22(17-19-23)30(32)33/h3,5-10,12-19,24-28H,1,4,11H2,2H3/t24-,25+,26+,27+,28-/m0/s1. The SMILES string of the molecule is C=CC[C@@H]1[C@H](CC)[C@@H](c2ccccc2)[C@H]([N+](=O)[O-])[C@@H](c2ccccc2)N1S(=O)(=O)c1ccc([N+](=O)[O-])cc1. The molecular formula is C28H29N3O6S. The maximum Gasteiger partial charge on any atom is 0.269 e. The predicted molar refractivity (Wildman–Crippen MR) is 144 cm³/mol. The van der Waals surface area contributed by atoms with Crippen LogP contribution in [0.25, 0.3) is 0 Å². The third kappa shape index (κ3) is 4.97. The van der Waals surface area contributed by atoms with Gasteiger partial charge in [0.15, 0.2) is 0 Å². The monoisotopic (exact) mass is 535 g/mol. The molecule has 3 aromatic rings. The minimum Gasteiger partial charge on any atom is -0.264 e. The second-order valence-corrected chi connectivity index (χ2v) is 11.2. The van der Waals surface area contributed by atoms with Gasteiger partial charge in [0.05, 0.1) is 15.7 Å². The van der Waals surface area contributed by atoms with Crippen molar-refractivity contribution in [1.82, 2.24) is 4.31 Å². The molecule has 4 rings (SSSR count). The lowest BCUT2D eigenvalue weighted by molar-refractivity contribution is -0.541. The van der Waals surface area contributed by atoms with Crippen LogP contribution in [0, 0.1) is 26.1 Å². The lowest BCUT2D eigenvalue weighted by Gasteiger charge is -2.50. The number of nitro groups is 2. The van der Waals surface area contributed by atoms with E-state index in [-0.39, 0.29) is 21.9 Å². The van der Waals surface area contributed by atoms with E-state index in [0.717, 1.165) is 17.7 Å². The first-order chi connectivity index (χ1) is 18.2. The normalized spacial score (nSPS) is 24.0. The maximum atomic E-state index is 14.3. The van der Waals surface area contributed by atoms with Crippen LogP contribution in [-0.4, -0.2) is 34.7 Å². The van der Waals surface area contributed by atoms with Crippen molar-refractivity contribution in [2.24, 2.45) is 5.92 Å². The molecule has 38 heavy (non-hydrogen) atoms. The average Bonchev–Trinajstić information content (AvgIpc) is 2.93.